The smallest absolute Gasteiger partial charge is 0.332 e. The average molecular weight is 528 g/mol. The molecule has 200 valence electrons. The minimum Gasteiger partial charge on any atom is -0.481 e. The van der Waals surface area contributed by atoms with E-state index in [0.29, 0.717) is 5.69 Å². The molecule has 4 aromatic rings. The Bertz CT molecular complexity index is 1420. The molecule has 3 aromatic carbocycles. The van der Waals surface area contributed by atoms with Crippen molar-refractivity contribution in [3.8, 4) is 22.4 Å². The van der Waals surface area contributed by atoms with Gasteiger partial charge in [0.1, 0.15) is 0 Å². The number of benzene rings is 3. The molecule has 2 atom stereocenters. The van der Waals surface area contributed by atoms with Crippen molar-refractivity contribution in [2.24, 2.45) is 0 Å². The standard InChI is InChI=1S/C30H29N3O6/c34-27(30(38)39)18-24(17-20-11-13-22(14-12-20)21-7-3-1-4-8-21)31-29(37)25-19-26(23-9-5-2-6-10-23)33(32-25)16-15-28(35)36/h1-14,19,24,27,34H,15-18H2,(H,31,37)(H,35,36)(H,38,39)/t24-,27-/m1/s1. The van der Waals surface area contributed by atoms with E-state index in [2.05, 4.69) is 10.4 Å². The van der Waals surface area contributed by atoms with Crippen LogP contribution in [0.2, 0.25) is 0 Å². The number of hydrogen-bond acceptors (Lipinski definition) is 5. The van der Waals surface area contributed by atoms with Crippen molar-refractivity contribution in [2.45, 2.75) is 38.0 Å². The number of nitrogens with one attached hydrogen (secondary N) is 1. The molecule has 1 heterocycles. The minimum absolute atomic E-state index is 0.0634. The first-order chi connectivity index (χ1) is 18.8. The lowest BCUT2D eigenvalue weighted by atomic mass is 9.97. The monoisotopic (exact) mass is 527 g/mol. The zero-order chi connectivity index (χ0) is 27.8. The number of aliphatic hydroxyl groups is 1. The van der Waals surface area contributed by atoms with Gasteiger partial charge in [-0.2, -0.15) is 5.10 Å². The maximum atomic E-state index is 13.2. The summed E-state index contributed by atoms with van der Waals surface area (Å²) in [6, 6.07) is 27.6. The highest BCUT2D eigenvalue weighted by atomic mass is 16.4. The average Bonchev–Trinajstić information content (AvgIpc) is 3.38. The lowest BCUT2D eigenvalue weighted by molar-refractivity contribution is -0.147. The van der Waals surface area contributed by atoms with Gasteiger partial charge in [-0.25, -0.2) is 4.79 Å². The lowest BCUT2D eigenvalue weighted by Crippen LogP contribution is -2.40. The molecule has 0 saturated heterocycles. The highest BCUT2D eigenvalue weighted by molar-refractivity contribution is 5.93. The zero-order valence-electron chi connectivity index (χ0n) is 21.1. The fourth-order valence-electron chi connectivity index (χ4n) is 4.31. The van der Waals surface area contributed by atoms with Crippen LogP contribution in [-0.4, -0.2) is 55.1 Å². The third-order valence-corrected chi connectivity index (χ3v) is 6.29. The van der Waals surface area contributed by atoms with Gasteiger partial charge in [0.2, 0.25) is 0 Å². The lowest BCUT2D eigenvalue weighted by Gasteiger charge is -2.20. The van der Waals surface area contributed by atoms with Crippen molar-refractivity contribution in [2.75, 3.05) is 0 Å². The predicted molar refractivity (Wildman–Crippen MR) is 145 cm³/mol. The quantitative estimate of drug-likeness (QED) is 0.219. The number of carbonyl (C=O) groups is 3. The topological polar surface area (TPSA) is 142 Å². The number of aliphatic carboxylic acids is 2. The van der Waals surface area contributed by atoms with Crippen molar-refractivity contribution < 1.29 is 29.7 Å². The molecular weight excluding hydrogens is 498 g/mol. The molecule has 1 aromatic heterocycles. The summed E-state index contributed by atoms with van der Waals surface area (Å²) in [5.74, 6) is -2.92. The van der Waals surface area contributed by atoms with E-state index < -0.39 is 30.0 Å². The van der Waals surface area contributed by atoms with Gasteiger partial charge in [-0.3, -0.25) is 14.3 Å². The zero-order valence-corrected chi connectivity index (χ0v) is 21.1. The number of carboxylic acid groups (broad SMARTS) is 2. The number of carbonyl (C=O) groups excluding carboxylic acids is 1. The van der Waals surface area contributed by atoms with Crippen LogP contribution in [0, 0.1) is 0 Å². The van der Waals surface area contributed by atoms with E-state index in [-0.39, 0.29) is 31.5 Å². The van der Waals surface area contributed by atoms with E-state index in [9.17, 15) is 24.6 Å². The first kappa shape index (κ1) is 27.3. The van der Waals surface area contributed by atoms with Gasteiger partial charge in [0.05, 0.1) is 18.7 Å². The number of hydrogen-bond donors (Lipinski definition) is 4. The van der Waals surface area contributed by atoms with Crippen LogP contribution in [0.15, 0.2) is 91.0 Å². The molecule has 0 bridgehead atoms. The van der Waals surface area contributed by atoms with Gasteiger partial charge in [-0.05, 0) is 34.7 Å². The van der Waals surface area contributed by atoms with Crippen molar-refractivity contribution in [3.05, 3.63) is 102 Å². The number of rotatable bonds is 12. The van der Waals surface area contributed by atoms with Gasteiger partial charge in [0.15, 0.2) is 11.8 Å². The molecule has 0 unspecified atom stereocenters. The maximum absolute atomic E-state index is 13.2. The molecule has 4 N–H and O–H groups in total. The van der Waals surface area contributed by atoms with Crippen molar-refractivity contribution in [3.63, 3.8) is 0 Å². The third-order valence-electron chi connectivity index (χ3n) is 6.29. The number of amides is 1. The maximum Gasteiger partial charge on any atom is 0.332 e. The third kappa shape index (κ3) is 7.39. The van der Waals surface area contributed by atoms with Crippen molar-refractivity contribution >= 4 is 17.8 Å². The predicted octanol–water partition coefficient (Wildman–Crippen LogP) is 3.87. The number of carboxylic acids is 2. The first-order valence-electron chi connectivity index (χ1n) is 12.5. The van der Waals surface area contributed by atoms with Gasteiger partial charge in [0.25, 0.3) is 5.91 Å². The summed E-state index contributed by atoms with van der Waals surface area (Å²) in [6.07, 6.45) is -1.75. The van der Waals surface area contributed by atoms with Gasteiger partial charge >= 0.3 is 11.9 Å². The Kier molecular flexibility index (Phi) is 8.86. The van der Waals surface area contributed by atoms with E-state index in [4.69, 9.17) is 5.11 Å². The molecule has 4 rings (SSSR count). The Hall–Kier alpha value is -4.76. The molecule has 9 heteroatoms. The molecule has 0 spiro atoms. The van der Waals surface area contributed by atoms with Crippen LogP contribution in [0.1, 0.15) is 28.9 Å². The molecule has 9 nitrogen and oxygen atoms in total. The molecule has 0 radical (unpaired) electrons. The molecule has 0 saturated carbocycles. The number of aliphatic hydroxyl groups excluding tert-OH is 1. The fraction of sp³-hybridized carbons (Fsp3) is 0.200. The van der Waals surface area contributed by atoms with E-state index >= 15 is 0 Å². The Morgan fingerprint density at radius 1 is 0.821 bits per heavy atom. The summed E-state index contributed by atoms with van der Waals surface area (Å²) >= 11 is 0. The summed E-state index contributed by atoms with van der Waals surface area (Å²) in [4.78, 5) is 35.7. The largest absolute Gasteiger partial charge is 0.481 e. The van der Waals surface area contributed by atoms with Crippen LogP contribution in [0.5, 0.6) is 0 Å². The second-order valence-electron chi connectivity index (χ2n) is 9.17. The Morgan fingerprint density at radius 2 is 1.41 bits per heavy atom. The van der Waals surface area contributed by atoms with E-state index in [1.165, 1.54) is 4.68 Å². The summed E-state index contributed by atoms with van der Waals surface area (Å²) in [6.45, 7) is 0.0712. The van der Waals surface area contributed by atoms with Gasteiger partial charge in [-0.15, -0.1) is 0 Å². The van der Waals surface area contributed by atoms with Crippen LogP contribution >= 0.6 is 0 Å². The highest BCUT2D eigenvalue weighted by Crippen LogP contribution is 2.22. The van der Waals surface area contributed by atoms with Gasteiger partial charge < -0.3 is 20.6 Å². The molecule has 1 amide bonds. The van der Waals surface area contributed by atoms with Crippen LogP contribution in [0.4, 0.5) is 0 Å². The first-order valence-corrected chi connectivity index (χ1v) is 12.5. The summed E-state index contributed by atoms with van der Waals surface area (Å²) in [5.41, 5.74) is 4.35. The van der Waals surface area contributed by atoms with E-state index in [1.54, 1.807) is 6.07 Å². The highest BCUT2D eigenvalue weighted by Gasteiger charge is 2.24. The normalized spacial score (nSPS) is 12.4. The van der Waals surface area contributed by atoms with Crippen molar-refractivity contribution in [1.82, 2.24) is 15.1 Å². The molecule has 0 aliphatic heterocycles. The number of aryl methyl sites for hydroxylation is 1. The summed E-state index contributed by atoms with van der Waals surface area (Å²) < 4.78 is 1.47. The van der Waals surface area contributed by atoms with Gasteiger partial charge in [-0.1, -0.05) is 84.9 Å². The van der Waals surface area contributed by atoms with Crippen LogP contribution in [-0.2, 0) is 22.6 Å². The molecular formula is C30H29N3O6. The van der Waals surface area contributed by atoms with Gasteiger partial charge in [0, 0.05) is 12.5 Å². The Morgan fingerprint density at radius 3 is 2.00 bits per heavy atom. The Balaban J connectivity index is 1.55. The number of aromatic nitrogens is 2. The van der Waals surface area contributed by atoms with Crippen LogP contribution in [0.3, 0.4) is 0 Å². The molecule has 0 aliphatic rings. The molecule has 39 heavy (non-hydrogen) atoms. The summed E-state index contributed by atoms with van der Waals surface area (Å²) in [7, 11) is 0. The fourth-order valence-corrected chi connectivity index (χ4v) is 4.31. The van der Waals surface area contributed by atoms with E-state index in [1.807, 2.05) is 84.9 Å². The number of nitrogens with zero attached hydrogens (tertiary/aromatic N) is 2. The second-order valence-corrected chi connectivity index (χ2v) is 9.17. The molecule has 0 aliphatic carbocycles. The SMILES string of the molecule is O=C(O)CCn1nc(C(=O)N[C@H](Cc2ccc(-c3ccccc3)cc2)C[C@@H](O)C(=O)O)cc1-c1ccccc1. The van der Waals surface area contributed by atoms with Crippen molar-refractivity contribution in [1.29, 1.82) is 0 Å². The van der Waals surface area contributed by atoms with Crippen LogP contribution < -0.4 is 5.32 Å². The molecule has 0 fully saturated rings. The summed E-state index contributed by atoms with van der Waals surface area (Å²) in [5, 5.41) is 35.6. The minimum atomic E-state index is -1.66. The Labute approximate surface area is 225 Å². The second kappa shape index (κ2) is 12.7. The van der Waals surface area contributed by atoms with Crippen LogP contribution in [0.25, 0.3) is 22.4 Å². The van der Waals surface area contributed by atoms with E-state index in [0.717, 1.165) is 22.3 Å².